The van der Waals surface area contributed by atoms with Gasteiger partial charge in [-0.05, 0) is 23.4 Å². The van der Waals surface area contributed by atoms with Crippen LogP contribution in [0.2, 0.25) is 0 Å². The lowest BCUT2D eigenvalue weighted by atomic mass is 10.1. The van der Waals surface area contributed by atoms with Gasteiger partial charge in [-0.15, -0.1) is 28.1 Å². The van der Waals surface area contributed by atoms with Crippen molar-refractivity contribution in [1.29, 1.82) is 0 Å². The summed E-state index contributed by atoms with van der Waals surface area (Å²) in [4.78, 5) is 13.4. The van der Waals surface area contributed by atoms with Gasteiger partial charge in [0.1, 0.15) is 5.82 Å². The normalized spacial score (nSPS) is 10.7. The second-order valence-electron chi connectivity index (χ2n) is 5.93. The zero-order chi connectivity index (χ0) is 18.9. The minimum atomic E-state index is 0.00360. The minimum absolute atomic E-state index is 0.00360. The topological polar surface area (TPSA) is 59.8 Å². The summed E-state index contributed by atoms with van der Waals surface area (Å²) >= 11 is 3.11. The first kappa shape index (κ1) is 19.4. The van der Waals surface area contributed by atoms with Crippen LogP contribution >= 0.6 is 23.1 Å². The summed E-state index contributed by atoms with van der Waals surface area (Å²) < 4.78 is 2.02. The lowest BCUT2D eigenvalue weighted by molar-refractivity contribution is -0.118. The fourth-order valence-electron chi connectivity index (χ4n) is 2.61. The van der Waals surface area contributed by atoms with E-state index < -0.39 is 0 Å². The molecule has 2 heterocycles. The third-order valence-electron chi connectivity index (χ3n) is 3.93. The molecule has 0 radical (unpaired) electrons. The molecule has 3 aromatic rings. The number of thioether (sulfide) groups is 1. The lowest BCUT2D eigenvalue weighted by Gasteiger charge is -2.08. The summed E-state index contributed by atoms with van der Waals surface area (Å²) in [5, 5.41) is 14.3. The van der Waals surface area contributed by atoms with Crippen molar-refractivity contribution in [3.8, 4) is 0 Å². The summed E-state index contributed by atoms with van der Waals surface area (Å²) in [5.74, 6) is 1.22. The molecule has 3 rings (SSSR count). The highest BCUT2D eigenvalue weighted by Gasteiger charge is 2.14. The van der Waals surface area contributed by atoms with Crippen LogP contribution in [0.25, 0.3) is 0 Å². The number of hydrogen-bond donors (Lipinski definition) is 1. The van der Waals surface area contributed by atoms with Gasteiger partial charge in [0.05, 0.1) is 5.75 Å². The predicted molar refractivity (Wildman–Crippen MR) is 111 cm³/mol. The molecule has 1 aromatic carbocycles. The lowest BCUT2D eigenvalue weighted by Crippen LogP contribution is -2.27. The Morgan fingerprint density at radius 2 is 2.07 bits per heavy atom. The number of nitrogens with zero attached hydrogens (tertiary/aromatic N) is 3. The SMILES string of the molecule is C=CCn1c(Cc2cccs2)nnc1SCC(=O)NCCc1ccccc1. The number of amides is 1. The third-order valence-corrected chi connectivity index (χ3v) is 5.77. The van der Waals surface area contributed by atoms with E-state index in [2.05, 4.69) is 45.7 Å². The first-order valence-corrected chi connectivity index (χ1v) is 10.6. The standard InChI is InChI=1S/C20H22N4OS2/c1-2-12-24-18(14-17-9-6-13-26-17)22-23-20(24)27-15-19(25)21-11-10-16-7-4-3-5-8-16/h2-9,13H,1,10-12,14-15H2,(H,21,25). The number of nitrogens with one attached hydrogen (secondary N) is 1. The van der Waals surface area contributed by atoms with Crippen LogP contribution < -0.4 is 5.32 Å². The summed E-state index contributed by atoms with van der Waals surface area (Å²) in [7, 11) is 0. The van der Waals surface area contributed by atoms with Crippen LogP contribution in [0.3, 0.4) is 0 Å². The Bertz CT molecular complexity index is 860. The third kappa shape index (κ3) is 5.80. The average Bonchev–Trinajstić information content (AvgIpc) is 3.32. The van der Waals surface area contributed by atoms with Crippen LogP contribution in [0, 0.1) is 0 Å². The first-order valence-electron chi connectivity index (χ1n) is 8.75. The molecule has 0 bridgehead atoms. The highest BCUT2D eigenvalue weighted by Crippen LogP contribution is 2.20. The van der Waals surface area contributed by atoms with E-state index in [-0.39, 0.29) is 5.91 Å². The Balaban J connectivity index is 1.51. The average molecular weight is 399 g/mol. The van der Waals surface area contributed by atoms with Gasteiger partial charge in [0.2, 0.25) is 5.91 Å². The van der Waals surface area contributed by atoms with E-state index in [1.807, 2.05) is 34.9 Å². The molecular formula is C20H22N4OS2. The van der Waals surface area contributed by atoms with Gasteiger partial charge in [-0.2, -0.15) is 0 Å². The summed E-state index contributed by atoms with van der Waals surface area (Å²) in [6, 6.07) is 14.3. The Labute approximate surface area is 167 Å². The molecular weight excluding hydrogens is 376 g/mol. The van der Waals surface area contributed by atoms with Gasteiger partial charge >= 0.3 is 0 Å². The monoisotopic (exact) mass is 398 g/mol. The van der Waals surface area contributed by atoms with E-state index in [0.29, 0.717) is 18.8 Å². The van der Waals surface area contributed by atoms with E-state index >= 15 is 0 Å². The van der Waals surface area contributed by atoms with Crippen LogP contribution in [0.15, 0.2) is 65.7 Å². The van der Waals surface area contributed by atoms with Crippen molar-refractivity contribution >= 4 is 29.0 Å². The molecule has 27 heavy (non-hydrogen) atoms. The van der Waals surface area contributed by atoms with E-state index in [1.54, 1.807) is 11.3 Å². The molecule has 0 aliphatic rings. The number of thiophene rings is 1. The van der Waals surface area contributed by atoms with E-state index in [1.165, 1.54) is 22.2 Å². The molecule has 0 saturated carbocycles. The predicted octanol–water partition coefficient (Wildman–Crippen LogP) is 3.57. The number of allylic oxidation sites excluding steroid dienone is 1. The van der Waals surface area contributed by atoms with Gasteiger partial charge < -0.3 is 9.88 Å². The highest BCUT2D eigenvalue weighted by molar-refractivity contribution is 7.99. The maximum Gasteiger partial charge on any atom is 0.230 e. The van der Waals surface area contributed by atoms with Crippen molar-refractivity contribution in [2.45, 2.75) is 24.5 Å². The molecule has 0 unspecified atom stereocenters. The highest BCUT2D eigenvalue weighted by atomic mass is 32.2. The van der Waals surface area contributed by atoms with Crippen LogP contribution in [0.4, 0.5) is 0 Å². The largest absolute Gasteiger partial charge is 0.355 e. The molecule has 7 heteroatoms. The second-order valence-corrected chi connectivity index (χ2v) is 7.90. The Morgan fingerprint density at radius 1 is 1.22 bits per heavy atom. The van der Waals surface area contributed by atoms with Gasteiger partial charge in [-0.3, -0.25) is 4.79 Å². The zero-order valence-corrected chi connectivity index (χ0v) is 16.6. The van der Waals surface area contributed by atoms with Crippen molar-refractivity contribution in [1.82, 2.24) is 20.1 Å². The fourth-order valence-corrected chi connectivity index (χ4v) is 4.11. The van der Waals surface area contributed by atoms with Crippen LogP contribution in [0.5, 0.6) is 0 Å². The van der Waals surface area contributed by atoms with E-state index in [4.69, 9.17) is 0 Å². The Kier molecular flexibility index (Phi) is 7.24. The summed E-state index contributed by atoms with van der Waals surface area (Å²) in [6.07, 6.45) is 3.39. The number of aromatic nitrogens is 3. The van der Waals surface area contributed by atoms with Gasteiger partial charge in [0.25, 0.3) is 0 Å². The van der Waals surface area contributed by atoms with Gasteiger partial charge in [-0.1, -0.05) is 54.2 Å². The smallest absolute Gasteiger partial charge is 0.230 e. The second kappa shape index (κ2) is 10.1. The molecule has 0 atom stereocenters. The molecule has 0 spiro atoms. The number of carbonyl (C=O) groups excluding carboxylic acids is 1. The molecule has 0 aliphatic heterocycles. The van der Waals surface area contributed by atoms with Gasteiger partial charge in [0, 0.05) is 24.4 Å². The van der Waals surface area contributed by atoms with Crippen molar-refractivity contribution in [3.05, 3.63) is 76.8 Å². The number of hydrogen-bond acceptors (Lipinski definition) is 5. The number of benzene rings is 1. The molecule has 5 nitrogen and oxygen atoms in total. The van der Waals surface area contributed by atoms with Crippen LogP contribution in [-0.2, 0) is 24.2 Å². The zero-order valence-electron chi connectivity index (χ0n) is 15.0. The maximum absolute atomic E-state index is 12.1. The summed E-state index contributed by atoms with van der Waals surface area (Å²) in [5.41, 5.74) is 1.22. The van der Waals surface area contributed by atoms with E-state index in [9.17, 15) is 4.79 Å². The van der Waals surface area contributed by atoms with E-state index in [0.717, 1.165) is 23.8 Å². The maximum atomic E-state index is 12.1. The number of carbonyl (C=O) groups is 1. The van der Waals surface area contributed by atoms with Crippen molar-refractivity contribution in [2.75, 3.05) is 12.3 Å². The molecule has 0 aliphatic carbocycles. The van der Waals surface area contributed by atoms with Crippen LogP contribution in [0.1, 0.15) is 16.3 Å². The van der Waals surface area contributed by atoms with Gasteiger partial charge in [0.15, 0.2) is 5.16 Å². The molecule has 1 amide bonds. The van der Waals surface area contributed by atoms with Crippen molar-refractivity contribution in [2.24, 2.45) is 0 Å². The van der Waals surface area contributed by atoms with Crippen LogP contribution in [-0.4, -0.2) is 33.0 Å². The Hall–Kier alpha value is -2.38. The molecule has 0 saturated heterocycles. The molecule has 0 fully saturated rings. The first-order chi connectivity index (χ1) is 13.3. The Morgan fingerprint density at radius 3 is 2.81 bits per heavy atom. The summed E-state index contributed by atoms with van der Waals surface area (Å²) in [6.45, 7) is 5.08. The molecule has 140 valence electrons. The number of rotatable bonds is 10. The van der Waals surface area contributed by atoms with Crippen molar-refractivity contribution < 1.29 is 4.79 Å². The van der Waals surface area contributed by atoms with Gasteiger partial charge in [-0.25, -0.2) is 0 Å². The quantitative estimate of drug-likeness (QED) is 0.419. The molecule has 1 N–H and O–H groups in total. The minimum Gasteiger partial charge on any atom is -0.355 e. The van der Waals surface area contributed by atoms with Crippen molar-refractivity contribution in [3.63, 3.8) is 0 Å². The fraction of sp³-hybridized carbons (Fsp3) is 0.250. The molecule has 2 aromatic heterocycles.